The third-order valence-corrected chi connectivity index (χ3v) is 4.20. The minimum atomic E-state index is -1.36. The molecule has 1 N–H and O–H groups in total. The van der Waals surface area contributed by atoms with Crippen LogP contribution in [0.1, 0.15) is 72.8 Å². The Morgan fingerprint density at radius 3 is 2.19 bits per heavy atom. The number of carbonyl (C=O) groups excluding carboxylic acids is 3. The zero-order valence-corrected chi connectivity index (χ0v) is 14.3. The van der Waals surface area contributed by atoms with Crippen LogP contribution in [0.2, 0.25) is 0 Å². The predicted octanol–water partition coefficient (Wildman–Crippen LogP) is 3.15. The monoisotopic (exact) mass is 352 g/mol. The Hall–Kier alpha value is -3.28. The summed E-state index contributed by atoms with van der Waals surface area (Å²) in [6.07, 6.45) is 0.585. The van der Waals surface area contributed by atoms with Gasteiger partial charge >= 0.3 is 5.97 Å². The first kappa shape index (κ1) is 17.5. The fraction of sp³-hybridized carbons (Fsp3) is 0.200. The quantitative estimate of drug-likeness (QED) is 0.708. The number of aromatic carboxylic acids is 1. The Morgan fingerprint density at radius 2 is 1.65 bits per heavy atom. The molecular weight excluding hydrogens is 336 g/mol. The van der Waals surface area contributed by atoms with Gasteiger partial charge in [0.1, 0.15) is 5.75 Å². The molecule has 6 heteroatoms. The number of hydrogen-bond acceptors (Lipinski definition) is 5. The standard InChI is InChI=1S/C20H16O6/c1-3-8-26-19-15(10(2)21)14(20(24)25)9-13-16(19)18(23)12-7-5-4-6-11(12)17(13)22/h4-7,9H,3,8H2,1-2H3,(H,24,25). The lowest BCUT2D eigenvalue weighted by molar-refractivity contribution is 0.0690. The van der Waals surface area contributed by atoms with Crippen LogP contribution in [0.25, 0.3) is 0 Å². The molecule has 0 heterocycles. The second kappa shape index (κ2) is 6.55. The van der Waals surface area contributed by atoms with Crippen LogP contribution in [-0.4, -0.2) is 35.0 Å². The van der Waals surface area contributed by atoms with Crippen molar-refractivity contribution in [3.8, 4) is 5.75 Å². The maximum Gasteiger partial charge on any atom is 0.336 e. The number of benzene rings is 2. The summed E-state index contributed by atoms with van der Waals surface area (Å²) < 4.78 is 5.61. The van der Waals surface area contributed by atoms with Crippen molar-refractivity contribution < 1.29 is 29.0 Å². The van der Waals surface area contributed by atoms with E-state index in [1.807, 2.05) is 6.92 Å². The van der Waals surface area contributed by atoms with E-state index in [2.05, 4.69) is 0 Å². The summed E-state index contributed by atoms with van der Waals surface area (Å²) in [5.41, 5.74) is -0.213. The Balaban J connectivity index is 2.40. The Labute approximate surface area is 149 Å². The lowest BCUT2D eigenvalue weighted by Gasteiger charge is -2.23. The molecule has 0 spiro atoms. The Morgan fingerprint density at radius 1 is 1.04 bits per heavy atom. The third-order valence-electron chi connectivity index (χ3n) is 4.20. The van der Waals surface area contributed by atoms with Crippen molar-refractivity contribution in [2.75, 3.05) is 6.61 Å². The summed E-state index contributed by atoms with van der Waals surface area (Å²) in [6, 6.07) is 7.42. The molecule has 2 aromatic carbocycles. The van der Waals surface area contributed by atoms with Gasteiger partial charge in [-0.1, -0.05) is 31.2 Å². The second-order valence-corrected chi connectivity index (χ2v) is 5.96. The van der Waals surface area contributed by atoms with E-state index >= 15 is 0 Å². The van der Waals surface area contributed by atoms with Crippen LogP contribution in [0.15, 0.2) is 30.3 Å². The second-order valence-electron chi connectivity index (χ2n) is 5.96. The molecule has 1 aliphatic carbocycles. The number of ketones is 3. The van der Waals surface area contributed by atoms with Crippen LogP contribution in [0.3, 0.4) is 0 Å². The van der Waals surface area contributed by atoms with Gasteiger partial charge in [-0.05, 0) is 19.4 Å². The van der Waals surface area contributed by atoms with Crippen LogP contribution in [0.5, 0.6) is 5.75 Å². The number of carbonyl (C=O) groups is 4. The van der Waals surface area contributed by atoms with Crippen molar-refractivity contribution in [3.63, 3.8) is 0 Å². The molecule has 132 valence electrons. The molecule has 0 aromatic heterocycles. The predicted molar refractivity (Wildman–Crippen MR) is 92.5 cm³/mol. The number of carboxylic acid groups (broad SMARTS) is 1. The molecule has 0 bridgehead atoms. The topological polar surface area (TPSA) is 97.7 Å². The minimum absolute atomic E-state index is 0.0441. The zero-order valence-electron chi connectivity index (χ0n) is 14.3. The molecule has 26 heavy (non-hydrogen) atoms. The van der Waals surface area contributed by atoms with E-state index in [0.717, 1.165) is 6.07 Å². The normalized spacial score (nSPS) is 12.4. The third kappa shape index (κ3) is 2.60. The molecule has 0 unspecified atom stereocenters. The number of rotatable bonds is 5. The van der Waals surface area contributed by atoms with Gasteiger partial charge in [0, 0.05) is 16.7 Å². The van der Waals surface area contributed by atoms with Gasteiger partial charge in [-0.2, -0.15) is 0 Å². The highest BCUT2D eigenvalue weighted by Crippen LogP contribution is 2.38. The van der Waals surface area contributed by atoms with Crippen molar-refractivity contribution in [2.45, 2.75) is 20.3 Å². The molecular formula is C20H16O6. The van der Waals surface area contributed by atoms with E-state index in [1.54, 1.807) is 12.1 Å². The van der Waals surface area contributed by atoms with E-state index in [4.69, 9.17) is 4.74 Å². The number of carboxylic acids is 1. The van der Waals surface area contributed by atoms with Crippen molar-refractivity contribution in [1.82, 2.24) is 0 Å². The average molecular weight is 352 g/mol. The molecule has 0 aliphatic heterocycles. The average Bonchev–Trinajstić information content (AvgIpc) is 2.62. The number of Topliss-reactive ketones (excluding diaryl/α,β-unsaturated/α-hetero) is 1. The summed E-state index contributed by atoms with van der Waals surface area (Å²) in [7, 11) is 0. The van der Waals surface area contributed by atoms with E-state index in [9.17, 15) is 24.3 Å². The van der Waals surface area contributed by atoms with Crippen LogP contribution >= 0.6 is 0 Å². The summed E-state index contributed by atoms with van der Waals surface area (Å²) in [5, 5.41) is 9.51. The number of ether oxygens (including phenoxy) is 1. The lowest BCUT2D eigenvalue weighted by atomic mass is 9.81. The summed E-state index contributed by atoms with van der Waals surface area (Å²) in [5.74, 6) is -2.95. The fourth-order valence-corrected chi connectivity index (χ4v) is 3.09. The van der Waals surface area contributed by atoms with Crippen LogP contribution in [0.4, 0.5) is 0 Å². The highest BCUT2D eigenvalue weighted by molar-refractivity contribution is 6.30. The molecule has 0 saturated carbocycles. The largest absolute Gasteiger partial charge is 0.492 e. The SMILES string of the molecule is CCCOc1c(C(C)=O)c(C(=O)O)cc2c1C(=O)c1ccccc1C2=O. The van der Waals surface area contributed by atoms with Gasteiger partial charge in [0.25, 0.3) is 0 Å². The zero-order chi connectivity index (χ0) is 19.0. The molecule has 2 aromatic rings. The molecule has 0 fully saturated rings. The van der Waals surface area contributed by atoms with E-state index in [-0.39, 0.29) is 45.7 Å². The van der Waals surface area contributed by atoms with Gasteiger partial charge in [-0.15, -0.1) is 0 Å². The van der Waals surface area contributed by atoms with E-state index in [0.29, 0.717) is 6.42 Å². The molecule has 0 saturated heterocycles. The van der Waals surface area contributed by atoms with Crippen molar-refractivity contribution in [2.24, 2.45) is 0 Å². The molecule has 6 nitrogen and oxygen atoms in total. The van der Waals surface area contributed by atoms with Gasteiger partial charge in [0.2, 0.25) is 0 Å². The number of hydrogen-bond donors (Lipinski definition) is 1. The fourth-order valence-electron chi connectivity index (χ4n) is 3.09. The minimum Gasteiger partial charge on any atom is -0.492 e. The van der Waals surface area contributed by atoms with Crippen molar-refractivity contribution in [3.05, 3.63) is 63.7 Å². The Bertz CT molecular complexity index is 971. The molecule has 0 atom stereocenters. The van der Waals surface area contributed by atoms with E-state index in [1.165, 1.54) is 19.1 Å². The summed E-state index contributed by atoms with van der Waals surface area (Å²) in [4.78, 5) is 49.7. The highest BCUT2D eigenvalue weighted by Gasteiger charge is 2.36. The molecule has 0 amide bonds. The smallest absolute Gasteiger partial charge is 0.336 e. The number of fused-ring (bicyclic) bond motifs is 2. The first-order valence-corrected chi connectivity index (χ1v) is 8.14. The maximum atomic E-state index is 13.0. The van der Waals surface area contributed by atoms with Gasteiger partial charge in [0.05, 0.1) is 23.3 Å². The molecule has 3 rings (SSSR count). The molecule has 1 aliphatic rings. The maximum absolute atomic E-state index is 13.0. The van der Waals surface area contributed by atoms with Gasteiger partial charge in [-0.25, -0.2) is 4.79 Å². The Kier molecular flexibility index (Phi) is 4.42. The van der Waals surface area contributed by atoms with Crippen molar-refractivity contribution in [1.29, 1.82) is 0 Å². The molecule has 0 radical (unpaired) electrons. The van der Waals surface area contributed by atoms with Crippen LogP contribution in [-0.2, 0) is 0 Å². The van der Waals surface area contributed by atoms with Gasteiger partial charge in [0.15, 0.2) is 17.3 Å². The summed E-state index contributed by atoms with van der Waals surface area (Å²) in [6.45, 7) is 3.22. The van der Waals surface area contributed by atoms with Gasteiger partial charge in [-0.3, -0.25) is 14.4 Å². The first-order valence-electron chi connectivity index (χ1n) is 8.14. The lowest BCUT2D eigenvalue weighted by Crippen LogP contribution is -2.25. The van der Waals surface area contributed by atoms with Crippen LogP contribution < -0.4 is 4.74 Å². The summed E-state index contributed by atoms with van der Waals surface area (Å²) >= 11 is 0. The van der Waals surface area contributed by atoms with Crippen molar-refractivity contribution >= 4 is 23.3 Å². The van der Waals surface area contributed by atoms with E-state index < -0.39 is 23.3 Å². The van der Waals surface area contributed by atoms with Crippen LogP contribution in [0, 0.1) is 0 Å². The van der Waals surface area contributed by atoms with Gasteiger partial charge < -0.3 is 9.84 Å². The highest BCUT2D eigenvalue weighted by atomic mass is 16.5. The first-order chi connectivity index (χ1) is 12.4.